The summed E-state index contributed by atoms with van der Waals surface area (Å²) < 4.78 is 5.46. The molecule has 0 saturated carbocycles. The third-order valence-electron chi connectivity index (χ3n) is 1.74. The minimum Gasteiger partial charge on any atom is -0.457 e. The summed E-state index contributed by atoms with van der Waals surface area (Å²) in [4.78, 5) is 10.4. The number of ether oxygens (including phenoxy) is 1. The number of hydrogen-bond acceptors (Lipinski definition) is 2. The first-order valence-electron chi connectivity index (χ1n) is 4.48. The maximum atomic E-state index is 10.4. The molecule has 0 aromatic heterocycles. The molecule has 0 aliphatic heterocycles. The maximum absolute atomic E-state index is 10.4. The molecular weight excluding hydrogens is 188 g/mol. The summed E-state index contributed by atoms with van der Waals surface area (Å²) in [5.74, 6) is 1.28. The summed E-state index contributed by atoms with van der Waals surface area (Å²) in [5, 5.41) is 0. The summed E-state index contributed by atoms with van der Waals surface area (Å²) in [6, 6.07) is 6.84. The molecule has 15 heavy (non-hydrogen) atoms. The SMILES string of the molecule is C=C/C=C(\C=C)Oc1ccc(C=O)cc1. The number of carbonyl (C=O) groups is 1. The van der Waals surface area contributed by atoms with Crippen molar-refractivity contribution in [3.8, 4) is 5.75 Å². The number of benzene rings is 1. The highest BCUT2D eigenvalue weighted by molar-refractivity contribution is 5.74. The van der Waals surface area contributed by atoms with Crippen molar-refractivity contribution in [3.63, 3.8) is 0 Å². The molecule has 0 aliphatic carbocycles. The molecule has 0 unspecified atom stereocenters. The lowest BCUT2D eigenvalue weighted by molar-refractivity contribution is 0.112. The van der Waals surface area contributed by atoms with Crippen molar-refractivity contribution in [3.05, 3.63) is 67.0 Å². The van der Waals surface area contributed by atoms with Gasteiger partial charge in [0.2, 0.25) is 0 Å². The summed E-state index contributed by atoms with van der Waals surface area (Å²) in [6.07, 6.45) is 5.71. The Morgan fingerprint density at radius 2 is 1.87 bits per heavy atom. The van der Waals surface area contributed by atoms with Crippen LogP contribution < -0.4 is 4.74 Å². The van der Waals surface area contributed by atoms with Crippen LogP contribution in [0.4, 0.5) is 0 Å². The zero-order chi connectivity index (χ0) is 11.1. The third kappa shape index (κ3) is 3.27. The zero-order valence-electron chi connectivity index (χ0n) is 8.35. The van der Waals surface area contributed by atoms with Crippen LogP contribution in [0, 0.1) is 0 Å². The van der Waals surface area contributed by atoms with E-state index in [0.717, 1.165) is 6.29 Å². The van der Waals surface area contributed by atoms with E-state index in [-0.39, 0.29) is 0 Å². The van der Waals surface area contributed by atoms with Crippen molar-refractivity contribution in [1.82, 2.24) is 0 Å². The number of carbonyl (C=O) groups excluding carboxylic acids is 1. The molecule has 1 rings (SSSR count). The van der Waals surface area contributed by atoms with Gasteiger partial charge in [0.1, 0.15) is 17.8 Å². The Hall–Kier alpha value is -2.09. The van der Waals surface area contributed by atoms with Gasteiger partial charge in [-0.15, -0.1) is 0 Å². The number of rotatable bonds is 5. The zero-order valence-corrected chi connectivity index (χ0v) is 8.35. The van der Waals surface area contributed by atoms with Gasteiger partial charge in [0, 0.05) is 5.56 Å². The lowest BCUT2D eigenvalue weighted by atomic mass is 10.2. The van der Waals surface area contributed by atoms with Crippen molar-refractivity contribution in [2.24, 2.45) is 0 Å². The Kier molecular flexibility index (Phi) is 4.10. The second kappa shape index (κ2) is 5.60. The molecule has 0 bridgehead atoms. The molecule has 0 heterocycles. The van der Waals surface area contributed by atoms with Crippen molar-refractivity contribution in [1.29, 1.82) is 0 Å². The van der Waals surface area contributed by atoms with Crippen LogP contribution >= 0.6 is 0 Å². The maximum Gasteiger partial charge on any atom is 0.150 e. The molecule has 0 radical (unpaired) electrons. The normalized spacial score (nSPS) is 10.5. The second-order valence-corrected chi connectivity index (χ2v) is 2.80. The molecule has 1 aromatic carbocycles. The quantitative estimate of drug-likeness (QED) is 0.414. The number of allylic oxidation sites excluding steroid dienone is 3. The molecular formula is C13H12O2. The van der Waals surface area contributed by atoms with Gasteiger partial charge in [0.15, 0.2) is 0 Å². The minimum atomic E-state index is 0.615. The molecule has 2 heteroatoms. The highest BCUT2D eigenvalue weighted by atomic mass is 16.5. The van der Waals surface area contributed by atoms with Crippen LogP contribution in [0.2, 0.25) is 0 Å². The number of aldehydes is 1. The van der Waals surface area contributed by atoms with Crippen LogP contribution in [0.5, 0.6) is 5.75 Å². The van der Waals surface area contributed by atoms with Gasteiger partial charge in [-0.05, 0) is 36.4 Å². The highest BCUT2D eigenvalue weighted by Gasteiger charge is 1.96. The van der Waals surface area contributed by atoms with Crippen LogP contribution in [0.25, 0.3) is 0 Å². The van der Waals surface area contributed by atoms with Crippen LogP contribution in [0.15, 0.2) is 61.4 Å². The van der Waals surface area contributed by atoms with E-state index >= 15 is 0 Å². The van der Waals surface area contributed by atoms with Crippen LogP contribution in [0.1, 0.15) is 10.4 Å². The Labute approximate surface area is 89.2 Å². The third-order valence-corrected chi connectivity index (χ3v) is 1.74. The first kappa shape index (κ1) is 11.0. The Morgan fingerprint density at radius 1 is 1.20 bits per heavy atom. The van der Waals surface area contributed by atoms with Crippen molar-refractivity contribution < 1.29 is 9.53 Å². The average molecular weight is 200 g/mol. The fourth-order valence-electron chi connectivity index (χ4n) is 1.01. The first-order chi connectivity index (χ1) is 7.30. The largest absolute Gasteiger partial charge is 0.457 e. The van der Waals surface area contributed by atoms with Crippen LogP contribution in [0.3, 0.4) is 0 Å². The summed E-state index contributed by atoms with van der Waals surface area (Å²) in [7, 11) is 0. The Balaban J connectivity index is 2.79. The molecule has 0 spiro atoms. The van der Waals surface area contributed by atoms with E-state index in [1.807, 2.05) is 0 Å². The monoisotopic (exact) mass is 200 g/mol. The van der Waals surface area contributed by atoms with Crippen molar-refractivity contribution in [2.45, 2.75) is 0 Å². The highest BCUT2D eigenvalue weighted by Crippen LogP contribution is 2.14. The molecule has 0 amide bonds. The standard InChI is InChI=1S/C13H12O2/c1-3-5-12(4-2)15-13-8-6-11(10-14)7-9-13/h3-10H,1-2H2/b12-5+. The van der Waals surface area contributed by atoms with E-state index in [0.29, 0.717) is 17.1 Å². The first-order valence-corrected chi connectivity index (χ1v) is 4.48. The topological polar surface area (TPSA) is 26.3 Å². The van der Waals surface area contributed by atoms with Gasteiger partial charge in [0.25, 0.3) is 0 Å². The predicted octanol–water partition coefficient (Wildman–Crippen LogP) is 3.13. The Bertz CT molecular complexity index is 386. The lowest BCUT2D eigenvalue weighted by Gasteiger charge is -2.05. The minimum absolute atomic E-state index is 0.615. The molecule has 2 nitrogen and oxygen atoms in total. The molecule has 0 aliphatic rings. The molecule has 0 N–H and O–H groups in total. The van der Waals surface area contributed by atoms with Crippen molar-refractivity contribution in [2.75, 3.05) is 0 Å². The second-order valence-electron chi connectivity index (χ2n) is 2.80. The summed E-state index contributed by atoms with van der Waals surface area (Å²) in [5.41, 5.74) is 0.621. The summed E-state index contributed by atoms with van der Waals surface area (Å²) in [6.45, 7) is 7.18. The van der Waals surface area contributed by atoms with Gasteiger partial charge in [-0.25, -0.2) is 0 Å². The van der Waals surface area contributed by atoms with Crippen LogP contribution in [-0.2, 0) is 0 Å². The molecule has 0 saturated heterocycles. The number of hydrogen-bond donors (Lipinski definition) is 0. The van der Waals surface area contributed by atoms with Gasteiger partial charge < -0.3 is 4.74 Å². The van der Waals surface area contributed by atoms with Crippen molar-refractivity contribution >= 4 is 6.29 Å². The van der Waals surface area contributed by atoms with Gasteiger partial charge in [0.05, 0.1) is 0 Å². The molecule has 76 valence electrons. The van der Waals surface area contributed by atoms with E-state index in [1.54, 1.807) is 42.5 Å². The van der Waals surface area contributed by atoms with E-state index in [4.69, 9.17) is 4.74 Å². The summed E-state index contributed by atoms with van der Waals surface area (Å²) >= 11 is 0. The van der Waals surface area contributed by atoms with Crippen LogP contribution in [-0.4, -0.2) is 6.29 Å². The predicted molar refractivity (Wildman–Crippen MR) is 60.9 cm³/mol. The molecule has 0 fully saturated rings. The average Bonchev–Trinajstić information content (AvgIpc) is 2.29. The fourth-order valence-corrected chi connectivity index (χ4v) is 1.01. The van der Waals surface area contributed by atoms with E-state index in [2.05, 4.69) is 13.2 Å². The van der Waals surface area contributed by atoms with E-state index in [9.17, 15) is 4.79 Å². The smallest absolute Gasteiger partial charge is 0.150 e. The lowest BCUT2D eigenvalue weighted by Crippen LogP contribution is -1.91. The Morgan fingerprint density at radius 3 is 2.33 bits per heavy atom. The van der Waals surface area contributed by atoms with Gasteiger partial charge >= 0.3 is 0 Å². The molecule has 1 aromatic rings. The van der Waals surface area contributed by atoms with Gasteiger partial charge in [-0.3, -0.25) is 4.79 Å². The van der Waals surface area contributed by atoms with E-state index in [1.165, 1.54) is 0 Å². The molecule has 0 atom stereocenters. The van der Waals surface area contributed by atoms with Gasteiger partial charge in [-0.2, -0.15) is 0 Å². The van der Waals surface area contributed by atoms with Gasteiger partial charge in [-0.1, -0.05) is 19.2 Å². The van der Waals surface area contributed by atoms with E-state index < -0.39 is 0 Å². The fraction of sp³-hybridized carbons (Fsp3) is 0.